The van der Waals surface area contributed by atoms with E-state index in [1.807, 2.05) is 6.07 Å². The van der Waals surface area contributed by atoms with Crippen LogP contribution in [-0.4, -0.2) is 44.0 Å². The van der Waals surface area contributed by atoms with E-state index in [2.05, 4.69) is 41.7 Å². The smallest absolute Gasteiger partial charge is 0.158 e. The van der Waals surface area contributed by atoms with Crippen LogP contribution in [0, 0.1) is 0 Å². The number of rotatable bonds is 3. The quantitative estimate of drug-likeness (QED) is 0.842. The summed E-state index contributed by atoms with van der Waals surface area (Å²) in [7, 11) is 2.23. The lowest BCUT2D eigenvalue weighted by Gasteiger charge is -2.33. The highest BCUT2D eigenvalue weighted by atomic mass is 16.1. The van der Waals surface area contributed by atoms with Gasteiger partial charge in [-0.2, -0.15) is 0 Å². The van der Waals surface area contributed by atoms with Gasteiger partial charge in [-0.05, 0) is 17.9 Å². The maximum absolute atomic E-state index is 12.0. The third kappa shape index (κ3) is 3.71. The number of likely N-dealkylation sites (N-methyl/N-ethyl adjacent to an activating group) is 1. The molecule has 1 heterocycles. The number of quaternary nitrogens is 1. The molecule has 0 amide bonds. The van der Waals surface area contributed by atoms with Crippen LogP contribution in [0.4, 0.5) is 0 Å². The van der Waals surface area contributed by atoms with Crippen LogP contribution in [0.5, 0.6) is 0 Å². The lowest BCUT2D eigenvalue weighted by Crippen LogP contribution is -3.12. The van der Waals surface area contributed by atoms with Crippen LogP contribution >= 0.6 is 0 Å². The van der Waals surface area contributed by atoms with Crippen molar-refractivity contribution in [1.29, 1.82) is 0 Å². The first-order chi connectivity index (χ1) is 10.2. The molecule has 0 saturated carbocycles. The lowest BCUT2D eigenvalue weighted by atomic mass is 9.85. The molecule has 4 nitrogen and oxygen atoms in total. The molecule has 1 fully saturated rings. The van der Waals surface area contributed by atoms with Gasteiger partial charge < -0.3 is 10.3 Å². The van der Waals surface area contributed by atoms with Gasteiger partial charge in [0.2, 0.25) is 0 Å². The predicted octanol–water partition coefficient (Wildman–Crippen LogP) is 0.352. The first-order valence-electron chi connectivity index (χ1n) is 7.82. The number of hydrogen-bond acceptors (Lipinski definition) is 3. The summed E-state index contributed by atoms with van der Waals surface area (Å²) >= 11 is 0. The monoisotopic (exact) mass is 286 g/mol. The van der Waals surface area contributed by atoms with Crippen molar-refractivity contribution in [3.8, 4) is 0 Å². The summed E-state index contributed by atoms with van der Waals surface area (Å²) in [5.74, 6) is 0.543. The Hall–Kier alpha value is -1.65. The second kappa shape index (κ2) is 6.41. The van der Waals surface area contributed by atoms with Crippen molar-refractivity contribution in [3.05, 3.63) is 47.7 Å². The highest BCUT2D eigenvalue weighted by Crippen LogP contribution is 2.30. The number of allylic oxidation sites excluding steroid dienone is 2. The second-order valence-corrected chi connectivity index (χ2v) is 6.21. The maximum Gasteiger partial charge on any atom is 0.158 e. The van der Waals surface area contributed by atoms with Crippen LogP contribution in [0.1, 0.15) is 24.3 Å². The molecular weight excluding hydrogens is 262 g/mol. The fraction of sp³-hybridized carbons (Fsp3) is 0.471. The third-order valence-electron chi connectivity index (χ3n) is 4.44. The van der Waals surface area contributed by atoms with Gasteiger partial charge in [0.1, 0.15) is 0 Å². The van der Waals surface area contributed by atoms with Crippen molar-refractivity contribution in [2.24, 2.45) is 0 Å². The van der Waals surface area contributed by atoms with E-state index < -0.39 is 0 Å². The van der Waals surface area contributed by atoms with E-state index in [4.69, 9.17) is 0 Å². The molecule has 112 valence electrons. The largest absolute Gasteiger partial charge is 0.335 e. The predicted molar refractivity (Wildman–Crippen MR) is 82.8 cm³/mol. The molecule has 0 radical (unpaired) electrons. The van der Waals surface area contributed by atoms with E-state index in [0.29, 0.717) is 12.3 Å². The van der Waals surface area contributed by atoms with E-state index in [-0.39, 0.29) is 5.78 Å². The number of benzene rings is 1. The summed E-state index contributed by atoms with van der Waals surface area (Å²) in [4.78, 5) is 13.6. The number of hydrogen-bond donors (Lipinski definition) is 2. The van der Waals surface area contributed by atoms with Crippen LogP contribution < -0.4 is 10.3 Å². The first kappa shape index (κ1) is 14.3. The summed E-state index contributed by atoms with van der Waals surface area (Å²) in [6.07, 6.45) is 3.35. The summed E-state index contributed by atoms with van der Waals surface area (Å²) in [6, 6.07) is 10.4. The molecule has 0 spiro atoms. The van der Waals surface area contributed by atoms with E-state index in [9.17, 15) is 4.79 Å². The maximum atomic E-state index is 12.0. The van der Waals surface area contributed by atoms with E-state index in [0.717, 1.165) is 38.3 Å². The summed E-state index contributed by atoms with van der Waals surface area (Å²) in [5.41, 5.74) is 5.80. The van der Waals surface area contributed by atoms with Crippen LogP contribution in [0.25, 0.3) is 0 Å². The minimum Gasteiger partial charge on any atom is -0.335 e. The zero-order valence-electron chi connectivity index (χ0n) is 12.6. The number of nitrogens with zero attached hydrogens (tertiary/aromatic N) is 1. The summed E-state index contributed by atoms with van der Waals surface area (Å²) < 4.78 is 0. The van der Waals surface area contributed by atoms with Crippen LogP contribution in [0.2, 0.25) is 0 Å². The van der Waals surface area contributed by atoms with Gasteiger partial charge in [-0.1, -0.05) is 30.3 Å². The SMILES string of the molecule is C[NH+]1CCN(NC2=CC(=O)C[C@@H](c3ccccc3)C2)CC1. The van der Waals surface area contributed by atoms with Gasteiger partial charge in [-0.25, -0.2) is 5.01 Å². The van der Waals surface area contributed by atoms with Crippen molar-refractivity contribution < 1.29 is 9.69 Å². The van der Waals surface area contributed by atoms with Gasteiger partial charge in [-0.15, -0.1) is 0 Å². The molecule has 2 N–H and O–H groups in total. The Labute approximate surface area is 126 Å². The number of carbonyl (C=O) groups excluding carboxylic acids is 1. The zero-order chi connectivity index (χ0) is 14.7. The van der Waals surface area contributed by atoms with E-state index >= 15 is 0 Å². The first-order valence-corrected chi connectivity index (χ1v) is 7.82. The van der Waals surface area contributed by atoms with E-state index in [1.54, 1.807) is 11.0 Å². The summed E-state index contributed by atoms with van der Waals surface area (Å²) in [5, 5.41) is 2.25. The molecule has 2 aliphatic rings. The molecular formula is C17H24N3O+. The molecule has 3 rings (SSSR count). The molecule has 0 unspecified atom stereocenters. The molecule has 1 aromatic carbocycles. The summed E-state index contributed by atoms with van der Waals surface area (Å²) in [6.45, 7) is 4.37. The fourth-order valence-electron chi connectivity index (χ4n) is 3.13. The third-order valence-corrected chi connectivity index (χ3v) is 4.44. The Morgan fingerprint density at radius 1 is 1.14 bits per heavy atom. The fourth-order valence-corrected chi connectivity index (χ4v) is 3.13. The Balaban J connectivity index is 1.64. The molecule has 1 saturated heterocycles. The Bertz CT molecular complexity index is 518. The van der Waals surface area contributed by atoms with Crippen molar-refractivity contribution in [2.75, 3.05) is 33.2 Å². The molecule has 1 aliphatic carbocycles. The zero-order valence-corrected chi connectivity index (χ0v) is 12.6. The highest BCUT2D eigenvalue weighted by Gasteiger charge is 2.24. The molecule has 0 aromatic heterocycles. The molecule has 1 atom stereocenters. The van der Waals surface area contributed by atoms with Gasteiger partial charge in [0, 0.05) is 18.2 Å². The molecule has 0 bridgehead atoms. The van der Waals surface area contributed by atoms with Crippen molar-refractivity contribution >= 4 is 5.78 Å². The molecule has 1 aromatic rings. The van der Waals surface area contributed by atoms with Crippen LogP contribution in [0.3, 0.4) is 0 Å². The number of nitrogens with one attached hydrogen (secondary N) is 2. The Morgan fingerprint density at radius 3 is 2.57 bits per heavy atom. The number of hydrazine groups is 1. The molecule has 1 aliphatic heterocycles. The lowest BCUT2D eigenvalue weighted by molar-refractivity contribution is -0.884. The standard InChI is InChI=1S/C17H23N3O/c1-19-7-9-20(10-8-19)18-16-11-15(12-17(21)13-16)14-5-3-2-4-6-14/h2-6,13,15,18H,7-12H2,1H3/p+1/t15-/m0/s1. The van der Waals surface area contributed by atoms with E-state index in [1.165, 1.54) is 5.56 Å². The number of piperazine rings is 1. The van der Waals surface area contributed by atoms with Crippen molar-refractivity contribution in [1.82, 2.24) is 10.4 Å². The Morgan fingerprint density at radius 2 is 1.86 bits per heavy atom. The van der Waals surface area contributed by atoms with Gasteiger partial charge in [0.05, 0.1) is 33.2 Å². The van der Waals surface area contributed by atoms with Crippen LogP contribution in [-0.2, 0) is 4.79 Å². The number of ketones is 1. The second-order valence-electron chi connectivity index (χ2n) is 6.21. The van der Waals surface area contributed by atoms with Gasteiger partial charge >= 0.3 is 0 Å². The van der Waals surface area contributed by atoms with Gasteiger partial charge in [0.15, 0.2) is 5.78 Å². The topological polar surface area (TPSA) is 36.8 Å². The molecule has 21 heavy (non-hydrogen) atoms. The number of carbonyl (C=O) groups is 1. The Kier molecular flexibility index (Phi) is 4.36. The van der Waals surface area contributed by atoms with Crippen molar-refractivity contribution in [3.63, 3.8) is 0 Å². The normalized spacial score (nSPS) is 24.7. The minimum atomic E-state index is 0.234. The highest BCUT2D eigenvalue weighted by molar-refractivity contribution is 5.91. The van der Waals surface area contributed by atoms with Crippen LogP contribution in [0.15, 0.2) is 42.1 Å². The van der Waals surface area contributed by atoms with Gasteiger partial charge in [-0.3, -0.25) is 4.79 Å². The average Bonchev–Trinajstić information content (AvgIpc) is 2.50. The van der Waals surface area contributed by atoms with Crippen molar-refractivity contribution in [2.45, 2.75) is 18.8 Å². The molecule has 4 heteroatoms. The minimum absolute atomic E-state index is 0.234. The van der Waals surface area contributed by atoms with Gasteiger partial charge in [0.25, 0.3) is 0 Å². The average molecular weight is 286 g/mol.